The van der Waals surface area contributed by atoms with Gasteiger partial charge in [0.1, 0.15) is 5.60 Å². The molecule has 0 unspecified atom stereocenters. The molecule has 1 atom stereocenters. The maximum atomic E-state index is 12.3. The third-order valence-corrected chi connectivity index (χ3v) is 6.12. The minimum absolute atomic E-state index is 0.270. The summed E-state index contributed by atoms with van der Waals surface area (Å²) in [7, 11) is 0. The monoisotopic (exact) mass is 383 g/mol. The second kappa shape index (κ2) is 8.42. The van der Waals surface area contributed by atoms with Crippen LogP contribution in [0.1, 0.15) is 21.9 Å². The zero-order valence-electron chi connectivity index (χ0n) is 15.3. The smallest absolute Gasteiger partial charge is 0.131 e. The number of benzene rings is 3. The van der Waals surface area contributed by atoms with E-state index in [9.17, 15) is 5.11 Å². The van der Waals surface area contributed by atoms with Crippen molar-refractivity contribution in [2.75, 3.05) is 0 Å². The molecule has 0 saturated carbocycles. The number of hydrogen-bond donors (Lipinski definition) is 1. The average molecular weight is 384 g/mol. The second-order valence-electron chi connectivity index (χ2n) is 6.57. The van der Waals surface area contributed by atoms with Gasteiger partial charge in [-0.25, -0.2) is 4.98 Å². The van der Waals surface area contributed by atoms with E-state index in [1.54, 1.807) is 18.0 Å². The zero-order valence-corrected chi connectivity index (χ0v) is 16.2. The SMILES string of the molecule is OC(c1ccccc1)(c1ccccc1)[C@H](Sc1ccccn1)c1ccccc1. The van der Waals surface area contributed by atoms with E-state index >= 15 is 0 Å². The van der Waals surface area contributed by atoms with E-state index in [0.717, 1.165) is 21.7 Å². The van der Waals surface area contributed by atoms with E-state index < -0.39 is 5.60 Å². The molecular weight excluding hydrogens is 362 g/mol. The summed E-state index contributed by atoms with van der Waals surface area (Å²) in [5.41, 5.74) is 1.55. The van der Waals surface area contributed by atoms with Gasteiger partial charge in [0.25, 0.3) is 0 Å². The molecule has 4 rings (SSSR count). The van der Waals surface area contributed by atoms with Crippen molar-refractivity contribution < 1.29 is 5.11 Å². The van der Waals surface area contributed by atoms with Gasteiger partial charge >= 0.3 is 0 Å². The zero-order chi connectivity index (χ0) is 19.2. The molecule has 1 heterocycles. The molecule has 0 radical (unpaired) electrons. The quantitative estimate of drug-likeness (QED) is 0.424. The average Bonchev–Trinajstić information content (AvgIpc) is 2.79. The first-order valence-corrected chi connectivity index (χ1v) is 10.1. The molecule has 0 spiro atoms. The minimum Gasteiger partial charge on any atom is -0.379 e. The molecule has 3 aromatic carbocycles. The van der Waals surface area contributed by atoms with E-state index in [-0.39, 0.29) is 5.25 Å². The molecule has 3 heteroatoms. The molecule has 0 aliphatic carbocycles. The van der Waals surface area contributed by atoms with Gasteiger partial charge in [-0.2, -0.15) is 0 Å². The molecule has 0 bridgehead atoms. The fourth-order valence-electron chi connectivity index (χ4n) is 3.41. The number of aliphatic hydroxyl groups is 1. The first-order valence-electron chi connectivity index (χ1n) is 9.24. The molecule has 0 aliphatic heterocycles. The molecular formula is C25H21NOS. The normalized spacial score (nSPS) is 12.5. The van der Waals surface area contributed by atoms with Gasteiger partial charge in [-0.3, -0.25) is 0 Å². The summed E-state index contributed by atoms with van der Waals surface area (Å²) in [4.78, 5) is 4.50. The lowest BCUT2D eigenvalue weighted by molar-refractivity contribution is 0.0777. The number of nitrogens with zero attached hydrogens (tertiary/aromatic N) is 1. The first kappa shape index (κ1) is 18.5. The molecule has 1 N–H and O–H groups in total. The maximum Gasteiger partial charge on any atom is 0.131 e. The molecule has 28 heavy (non-hydrogen) atoms. The van der Waals surface area contributed by atoms with Crippen molar-refractivity contribution in [1.29, 1.82) is 0 Å². The highest BCUT2D eigenvalue weighted by atomic mass is 32.2. The predicted octanol–water partition coefficient (Wildman–Crippen LogP) is 5.85. The van der Waals surface area contributed by atoms with Crippen molar-refractivity contribution in [3.8, 4) is 0 Å². The van der Waals surface area contributed by atoms with E-state index in [2.05, 4.69) is 17.1 Å². The number of hydrogen-bond acceptors (Lipinski definition) is 3. The molecule has 2 nitrogen and oxygen atoms in total. The largest absolute Gasteiger partial charge is 0.379 e. The third kappa shape index (κ3) is 3.72. The van der Waals surface area contributed by atoms with Gasteiger partial charge in [0.2, 0.25) is 0 Å². The summed E-state index contributed by atoms with van der Waals surface area (Å²) in [6.07, 6.45) is 1.79. The molecule has 0 amide bonds. The van der Waals surface area contributed by atoms with Gasteiger partial charge in [-0.1, -0.05) is 109 Å². The number of aromatic nitrogens is 1. The van der Waals surface area contributed by atoms with Crippen LogP contribution in [-0.2, 0) is 5.60 Å². The van der Waals surface area contributed by atoms with E-state index in [1.807, 2.05) is 97.1 Å². The lowest BCUT2D eigenvalue weighted by Gasteiger charge is -2.37. The summed E-state index contributed by atoms with van der Waals surface area (Å²) in [5.74, 6) is 0. The van der Waals surface area contributed by atoms with Crippen LogP contribution in [0.2, 0.25) is 0 Å². The van der Waals surface area contributed by atoms with Crippen molar-refractivity contribution in [3.63, 3.8) is 0 Å². The van der Waals surface area contributed by atoms with Crippen LogP contribution in [0.3, 0.4) is 0 Å². The Balaban J connectivity index is 1.91. The van der Waals surface area contributed by atoms with Gasteiger partial charge in [-0.05, 0) is 28.8 Å². The van der Waals surface area contributed by atoms with Crippen molar-refractivity contribution in [2.45, 2.75) is 15.9 Å². The van der Waals surface area contributed by atoms with E-state index in [0.29, 0.717) is 0 Å². The van der Waals surface area contributed by atoms with Gasteiger partial charge < -0.3 is 5.11 Å². The highest BCUT2D eigenvalue weighted by Gasteiger charge is 2.42. The lowest BCUT2D eigenvalue weighted by Crippen LogP contribution is -2.33. The molecule has 4 aromatic rings. The fourth-order valence-corrected chi connectivity index (χ4v) is 4.67. The summed E-state index contributed by atoms with van der Waals surface area (Å²) < 4.78 is 0. The number of thioether (sulfide) groups is 1. The first-order chi connectivity index (χ1) is 13.8. The molecule has 0 aliphatic rings. The van der Waals surface area contributed by atoms with Crippen LogP contribution in [0.25, 0.3) is 0 Å². The number of pyridine rings is 1. The molecule has 1 aromatic heterocycles. The van der Waals surface area contributed by atoms with Crippen LogP contribution in [0.4, 0.5) is 0 Å². The summed E-state index contributed by atoms with van der Waals surface area (Å²) in [6.45, 7) is 0. The van der Waals surface area contributed by atoms with E-state index in [4.69, 9.17) is 0 Å². The summed E-state index contributed by atoms with van der Waals surface area (Å²) in [5, 5.41) is 12.9. The van der Waals surface area contributed by atoms with Crippen molar-refractivity contribution in [3.05, 3.63) is 132 Å². The Labute approximate surface area is 169 Å². The minimum atomic E-state index is -1.22. The molecule has 0 saturated heterocycles. The van der Waals surface area contributed by atoms with Gasteiger partial charge in [0, 0.05) is 6.20 Å². The van der Waals surface area contributed by atoms with Crippen LogP contribution in [0.15, 0.2) is 120 Å². The van der Waals surface area contributed by atoms with Crippen LogP contribution >= 0.6 is 11.8 Å². The Morgan fingerprint density at radius 1 is 0.643 bits per heavy atom. The van der Waals surface area contributed by atoms with Crippen LogP contribution in [-0.4, -0.2) is 10.1 Å². The van der Waals surface area contributed by atoms with E-state index in [1.165, 1.54) is 0 Å². The van der Waals surface area contributed by atoms with Crippen LogP contribution in [0.5, 0.6) is 0 Å². The fraction of sp³-hybridized carbons (Fsp3) is 0.0800. The molecule has 138 valence electrons. The molecule has 0 fully saturated rings. The topological polar surface area (TPSA) is 33.1 Å². The van der Waals surface area contributed by atoms with Gasteiger partial charge in [-0.15, -0.1) is 0 Å². The third-order valence-electron chi connectivity index (χ3n) is 4.79. The Morgan fingerprint density at radius 2 is 1.14 bits per heavy atom. The maximum absolute atomic E-state index is 12.3. The summed E-state index contributed by atoms with van der Waals surface area (Å²) >= 11 is 1.58. The number of rotatable bonds is 6. The van der Waals surface area contributed by atoms with Crippen molar-refractivity contribution in [2.24, 2.45) is 0 Å². The Bertz CT molecular complexity index is 952. The van der Waals surface area contributed by atoms with Gasteiger partial charge in [0.15, 0.2) is 0 Å². The predicted molar refractivity (Wildman–Crippen MR) is 115 cm³/mol. The van der Waals surface area contributed by atoms with Gasteiger partial charge in [0.05, 0.1) is 10.3 Å². The highest BCUT2D eigenvalue weighted by Crippen LogP contribution is 2.50. The van der Waals surface area contributed by atoms with Crippen molar-refractivity contribution in [1.82, 2.24) is 4.98 Å². The summed E-state index contributed by atoms with van der Waals surface area (Å²) in [6, 6.07) is 35.8. The standard InChI is InChI=1S/C25H21NOS/c27-25(21-14-6-2-7-15-21,22-16-8-3-9-17-22)24(20-12-4-1-5-13-20)28-23-18-10-11-19-26-23/h1-19,24,27H/t24-/m1/s1. The van der Waals surface area contributed by atoms with Crippen LogP contribution < -0.4 is 0 Å². The Hall–Kier alpha value is -2.88. The second-order valence-corrected chi connectivity index (χ2v) is 7.70. The lowest BCUT2D eigenvalue weighted by atomic mass is 9.81. The van der Waals surface area contributed by atoms with Crippen LogP contribution in [0, 0.1) is 0 Å². The Morgan fingerprint density at radius 3 is 1.64 bits per heavy atom. The highest BCUT2D eigenvalue weighted by molar-refractivity contribution is 7.99. The van der Waals surface area contributed by atoms with Crippen molar-refractivity contribution >= 4 is 11.8 Å². The Kier molecular flexibility index (Phi) is 5.56.